The predicted octanol–water partition coefficient (Wildman–Crippen LogP) is 4.02. The zero-order chi connectivity index (χ0) is 27.2. The molecule has 1 unspecified atom stereocenters. The van der Waals surface area contributed by atoms with Crippen molar-refractivity contribution in [1.29, 1.82) is 0 Å². The van der Waals surface area contributed by atoms with Gasteiger partial charge in [-0.25, -0.2) is 8.42 Å². The predicted molar refractivity (Wildman–Crippen MR) is 144 cm³/mol. The van der Waals surface area contributed by atoms with Crippen LogP contribution in [0.25, 0.3) is 0 Å². The molecule has 0 radical (unpaired) electrons. The van der Waals surface area contributed by atoms with Gasteiger partial charge in [-0.3, -0.25) is 13.9 Å². The van der Waals surface area contributed by atoms with Crippen LogP contribution in [0.4, 0.5) is 5.69 Å². The average molecular weight is 544 g/mol. The number of amides is 2. The van der Waals surface area contributed by atoms with Gasteiger partial charge in [-0.2, -0.15) is 0 Å². The molecular formula is C27H30ClN3O5S. The van der Waals surface area contributed by atoms with Crippen molar-refractivity contribution in [3.05, 3.63) is 88.9 Å². The molecule has 3 aromatic carbocycles. The Hall–Kier alpha value is -3.56. The van der Waals surface area contributed by atoms with Crippen LogP contribution in [0.2, 0.25) is 5.02 Å². The van der Waals surface area contributed by atoms with E-state index in [9.17, 15) is 18.0 Å². The lowest BCUT2D eigenvalue weighted by Gasteiger charge is -2.32. The monoisotopic (exact) mass is 543 g/mol. The summed E-state index contributed by atoms with van der Waals surface area (Å²) in [5, 5.41) is 2.98. The molecule has 1 N–H and O–H groups in total. The molecule has 0 bridgehead atoms. The van der Waals surface area contributed by atoms with E-state index in [2.05, 4.69) is 5.32 Å². The topological polar surface area (TPSA) is 96.0 Å². The first-order valence-corrected chi connectivity index (χ1v) is 13.4. The van der Waals surface area contributed by atoms with E-state index >= 15 is 0 Å². The second-order valence-corrected chi connectivity index (χ2v) is 10.7. The molecular weight excluding hydrogens is 514 g/mol. The summed E-state index contributed by atoms with van der Waals surface area (Å²) in [6.07, 6.45) is 0. The maximum atomic E-state index is 13.8. The molecule has 0 fully saturated rings. The Morgan fingerprint density at radius 3 is 2.19 bits per heavy atom. The third-order valence-electron chi connectivity index (χ3n) is 5.96. The number of benzene rings is 3. The smallest absolute Gasteiger partial charge is 0.264 e. The van der Waals surface area contributed by atoms with Gasteiger partial charge in [-0.05, 0) is 61.9 Å². The van der Waals surface area contributed by atoms with Gasteiger partial charge in [0.2, 0.25) is 11.8 Å². The van der Waals surface area contributed by atoms with Gasteiger partial charge in [0.05, 0.1) is 17.7 Å². The van der Waals surface area contributed by atoms with Crippen molar-refractivity contribution in [2.45, 2.75) is 31.3 Å². The van der Waals surface area contributed by atoms with Gasteiger partial charge < -0.3 is 15.0 Å². The van der Waals surface area contributed by atoms with Gasteiger partial charge >= 0.3 is 0 Å². The lowest BCUT2D eigenvalue weighted by molar-refractivity contribution is -0.139. The Labute approximate surface area is 222 Å². The van der Waals surface area contributed by atoms with E-state index in [0.717, 1.165) is 9.87 Å². The number of methoxy groups -OCH3 is 1. The maximum absolute atomic E-state index is 13.8. The zero-order valence-electron chi connectivity index (χ0n) is 21.1. The molecule has 0 heterocycles. The number of hydrogen-bond acceptors (Lipinski definition) is 5. The molecule has 3 rings (SSSR count). The van der Waals surface area contributed by atoms with Crippen LogP contribution in [0, 0.1) is 6.92 Å². The van der Waals surface area contributed by atoms with E-state index < -0.39 is 28.5 Å². The third-order valence-corrected chi connectivity index (χ3v) is 8.12. The highest BCUT2D eigenvalue weighted by atomic mass is 35.5. The quantitative estimate of drug-likeness (QED) is 0.417. The van der Waals surface area contributed by atoms with Crippen molar-refractivity contribution in [2.24, 2.45) is 0 Å². The van der Waals surface area contributed by atoms with Crippen LogP contribution < -0.4 is 14.4 Å². The number of carbonyl (C=O) groups is 2. The van der Waals surface area contributed by atoms with Crippen LogP contribution in [-0.4, -0.2) is 51.9 Å². The Morgan fingerprint density at radius 1 is 1.00 bits per heavy atom. The molecule has 0 aromatic heterocycles. The minimum Gasteiger partial charge on any atom is -0.497 e. The lowest BCUT2D eigenvalue weighted by atomic mass is 10.1. The van der Waals surface area contributed by atoms with Crippen LogP contribution in [0.5, 0.6) is 5.75 Å². The highest BCUT2D eigenvalue weighted by Gasteiger charge is 2.32. The summed E-state index contributed by atoms with van der Waals surface area (Å²) in [7, 11) is -1.19. The summed E-state index contributed by atoms with van der Waals surface area (Å²) in [6.45, 7) is 2.97. The fourth-order valence-electron chi connectivity index (χ4n) is 3.72. The number of ether oxygens (including phenoxy) is 1. The number of hydrogen-bond donors (Lipinski definition) is 1. The number of carbonyl (C=O) groups excluding carboxylic acids is 2. The minimum atomic E-state index is -4.15. The third kappa shape index (κ3) is 6.61. The fourth-order valence-corrected chi connectivity index (χ4v) is 5.33. The highest BCUT2D eigenvalue weighted by Crippen LogP contribution is 2.26. The second kappa shape index (κ2) is 12.1. The normalized spacial score (nSPS) is 11.9. The number of sulfonamides is 1. The summed E-state index contributed by atoms with van der Waals surface area (Å²) < 4.78 is 33.7. The Kier molecular flexibility index (Phi) is 9.18. The van der Waals surface area contributed by atoms with Gasteiger partial charge in [0, 0.05) is 18.6 Å². The molecule has 0 aliphatic heterocycles. The van der Waals surface area contributed by atoms with Crippen molar-refractivity contribution < 1.29 is 22.7 Å². The van der Waals surface area contributed by atoms with Crippen molar-refractivity contribution in [2.75, 3.05) is 25.0 Å². The summed E-state index contributed by atoms with van der Waals surface area (Å²) in [4.78, 5) is 27.6. The molecule has 0 aliphatic rings. The van der Waals surface area contributed by atoms with Crippen LogP contribution in [0.3, 0.4) is 0 Å². The fraction of sp³-hybridized carbons (Fsp3) is 0.259. The average Bonchev–Trinajstić information content (AvgIpc) is 2.90. The van der Waals surface area contributed by atoms with Crippen molar-refractivity contribution in [3.63, 3.8) is 0 Å². The van der Waals surface area contributed by atoms with E-state index in [-0.39, 0.29) is 17.3 Å². The first-order valence-electron chi connectivity index (χ1n) is 11.6. The van der Waals surface area contributed by atoms with E-state index in [4.69, 9.17) is 16.3 Å². The first kappa shape index (κ1) is 28.0. The summed E-state index contributed by atoms with van der Waals surface area (Å²) in [5.74, 6) is -0.448. The molecule has 0 saturated heterocycles. The Balaban J connectivity index is 2.03. The summed E-state index contributed by atoms with van der Waals surface area (Å²) in [6, 6.07) is 18.9. The van der Waals surface area contributed by atoms with Crippen LogP contribution in [-0.2, 0) is 26.2 Å². The number of nitrogens with zero attached hydrogens (tertiary/aromatic N) is 2. The van der Waals surface area contributed by atoms with Gasteiger partial charge in [-0.1, -0.05) is 47.5 Å². The molecule has 37 heavy (non-hydrogen) atoms. The Bertz CT molecular complexity index is 1350. The molecule has 0 aliphatic carbocycles. The summed E-state index contributed by atoms with van der Waals surface area (Å²) in [5.41, 5.74) is 1.89. The number of rotatable bonds is 10. The highest BCUT2D eigenvalue weighted by molar-refractivity contribution is 7.92. The van der Waals surface area contributed by atoms with E-state index in [1.54, 1.807) is 67.6 Å². The summed E-state index contributed by atoms with van der Waals surface area (Å²) >= 11 is 6.33. The van der Waals surface area contributed by atoms with Crippen molar-refractivity contribution in [1.82, 2.24) is 10.2 Å². The van der Waals surface area contributed by atoms with Crippen LogP contribution in [0.15, 0.2) is 77.7 Å². The van der Waals surface area contributed by atoms with Crippen LogP contribution in [0.1, 0.15) is 18.1 Å². The molecule has 1 atom stereocenters. The molecule has 196 valence electrons. The molecule has 8 nitrogen and oxygen atoms in total. The van der Waals surface area contributed by atoms with E-state index in [0.29, 0.717) is 22.0 Å². The number of halogens is 1. The largest absolute Gasteiger partial charge is 0.497 e. The molecule has 3 aromatic rings. The lowest BCUT2D eigenvalue weighted by Crippen LogP contribution is -2.50. The van der Waals surface area contributed by atoms with Gasteiger partial charge in [0.15, 0.2) is 0 Å². The number of anilines is 1. The van der Waals surface area contributed by atoms with Crippen LogP contribution >= 0.6 is 11.6 Å². The number of likely N-dealkylation sites (N-methyl/N-ethyl adjacent to an activating group) is 1. The van der Waals surface area contributed by atoms with E-state index in [1.165, 1.54) is 31.2 Å². The molecule has 0 saturated carbocycles. The number of aryl methyl sites for hydroxylation is 1. The Morgan fingerprint density at radius 2 is 1.62 bits per heavy atom. The molecule has 2 amide bonds. The minimum absolute atomic E-state index is 0.00122. The SMILES string of the molecule is CNC(=O)C(C)N(Cc1ccccc1Cl)C(=O)CN(c1ccc(C)cc1)S(=O)(=O)c1ccc(OC)cc1. The molecule has 10 heteroatoms. The number of nitrogens with one attached hydrogen (secondary N) is 1. The van der Waals surface area contributed by atoms with Crippen molar-refractivity contribution in [3.8, 4) is 5.75 Å². The van der Waals surface area contributed by atoms with Gasteiger partial charge in [-0.15, -0.1) is 0 Å². The second-order valence-electron chi connectivity index (χ2n) is 8.43. The van der Waals surface area contributed by atoms with Crippen molar-refractivity contribution >= 4 is 39.1 Å². The standard InChI is InChI=1S/C27H30ClN3O5S/c1-19-9-11-22(12-10-19)31(37(34,35)24-15-13-23(36-4)14-16-24)18-26(32)30(20(2)27(33)29-3)17-21-7-5-6-8-25(21)28/h5-16,20H,17-18H2,1-4H3,(H,29,33). The molecule has 0 spiro atoms. The van der Waals surface area contributed by atoms with Gasteiger partial charge in [0.25, 0.3) is 10.0 Å². The zero-order valence-corrected chi connectivity index (χ0v) is 22.7. The maximum Gasteiger partial charge on any atom is 0.264 e. The van der Waals surface area contributed by atoms with Gasteiger partial charge in [0.1, 0.15) is 18.3 Å². The van der Waals surface area contributed by atoms with E-state index in [1.807, 2.05) is 6.92 Å². The first-order chi connectivity index (χ1) is 17.6.